The standard InChI is InChI=1S/C15H30N2O/c1-3-4-5-13-6-8-14(9-7-13)15(18)17-12(2)10-11-16/h12-14H,3-11,16H2,1-2H3,(H,17,18). The van der Waals surface area contributed by atoms with E-state index in [1.807, 2.05) is 6.92 Å². The van der Waals surface area contributed by atoms with E-state index < -0.39 is 0 Å². The lowest BCUT2D eigenvalue weighted by Crippen LogP contribution is -2.39. The minimum Gasteiger partial charge on any atom is -0.353 e. The van der Waals surface area contributed by atoms with Crippen molar-refractivity contribution < 1.29 is 4.79 Å². The van der Waals surface area contributed by atoms with Crippen LogP contribution in [-0.2, 0) is 4.79 Å². The lowest BCUT2D eigenvalue weighted by molar-refractivity contribution is -0.126. The highest BCUT2D eigenvalue weighted by Gasteiger charge is 2.26. The van der Waals surface area contributed by atoms with Gasteiger partial charge in [-0.25, -0.2) is 0 Å². The van der Waals surface area contributed by atoms with Crippen molar-refractivity contribution in [1.29, 1.82) is 0 Å². The fraction of sp³-hybridized carbons (Fsp3) is 0.933. The van der Waals surface area contributed by atoms with Gasteiger partial charge in [0.25, 0.3) is 0 Å². The summed E-state index contributed by atoms with van der Waals surface area (Å²) in [7, 11) is 0. The molecule has 3 nitrogen and oxygen atoms in total. The average molecular weight is 254 g/mol. The molecule has 0 aromatic carbocycles. The van der Waals surface area contributed by atoms with Crippen LogP contribution in [0.5, 0.6) is 0 Å². The second kappa shape index (κ2) is 8.52. The third-order valence-electron chi connectivity index (χ3n) is 4.17. The van der Waals surface area contributed by atoms with Crippen molar-refractivity contribution in [2.24, 2.45) is 17.6 Å². The SMILES string of the molecule is CCCCC1CCC(C(=O)NC(C)CCN)CC1. The molecule has 1 rings (SSSR count). The van der Waals surface area contributed by atoms with E-state index in [1.54, 1.807) is 0 Å². The molecule has 18 heavy (non-hydrogen) atoms. The van der Waals surface area contributed by atoms with Gasteiger partial charge in [-0.05, 0) is 51.5 Å². The fourth-order valence-corrected chi connectivity index (χ4v) is 2.89. The van der Waals surface area contributed by atoms with Crippen molar-refractivity contribution in [3.8, 4) is 0 Å². The smallest absolute Gasteiger partial charge is 0.223 e. The van der Waals surface area contributed by atoms with Gasteiger partial charge in [0.2, 0.25) is 5.91 Å². The van der Waals surface area contributed by atoms with Gasteiger partial charge in [-0.15, -0.1) is 0 Å². The minimum atomic E-state index is 0.223. The molecule has 1 saturated carbocycles. The average Bonchev–Trinajstić information content (AvgIpc) is 2.37. The number of carbonyl (C=O) groups excluding carboxylic acids is 1. The largest absolute Gasteiger partial charge is 0.353 e. The summed E-state index contributed by atoms with van der Waals surface area (Å²) in [6, 6.07) is 0.223. The predicted octanol–water partition coefficient (Wildman–Crippen LogP) is 2.84. The first-order valence-electron chi connectivity index (χ1n) is 7.67. The van der Waals surface area contributed by atoms with Crippen LogP contribution in [0.3, 0.4) is 0 Å². The minimum absolute atomic E-state index is 0.223. The summed E-state index contributed by atoms with van der Waals surface area (Å²) in [6.07, 6.45) is 9.50. The van der Waals surface area contributed by atoms with Gasteiger partial charge < -0.3 is 11.1 Å². The van der Waals surface area contributed by atoms with Crippen LogP contribution < -0.4 is 11.1 Å². The molecular formula is C15H30N2O. The summed E-state index contributed by atoms with van der Waals surface area (Å²) in [6.45, 7) is 4.93. The summed E-state index contributed by atoms with van der Waals surface area (Å²) in [4.78, 5) is 12.1. The Morgan fingerprint density at radius 2 is 2.00 bits per heavy atom. The van der Waals surface area contributed by atoms with Crippen LogP contribution in [0.1, 0.15) is 65.2 Å². The first-order chi connectivity index (χ1) is 8.67. The Morgan fingerprint density at radius 1 is 1.33 bits per heavy atom. The number of carbonyl (C=O) groups is 1. The van der Waals surface area contributed by atoms with Crippen LogP contribution in [0, 0.1) is 11.8 Å². The van der Waals surface area contributed by atoms with Crippen LogP contribution in [0.2, 0.25) is 0 Å². The molecule has 0 spiro atoms. The van der Waals surface area contributed by atoms with E-state index in [0.717, 1.165) is 25.2 Å². The zero-order valence-corrected chi connectivity index (χ0v) is 12.1. The second-order valence-corrected chi connectivity index (χ2v) is 5.85. The Morgan fingerprint density at radius 3 is 2.56 bits per heavy atom. The second-order valence-electron chi connectivity index (χ2n) is 5.85. The van der Waals surface area contributed by atoms with Crippen molar-refractivity contribution in [1.82, 2.24) is 5.32 Å². The van der Waals surface area contributed by atoms with Crippen LogP contribution in [0.15, 0.2) is 0 Å². The molecule has 0 saturated heterocycles. The van der Waals surface area contributed by atoms with Gasteiger partial charge in [0.15, 0.2) is 0 Å². The highest BCUT2D eigenvalue weighted by molar-refractivity contribution is 5.78. The van der Waals surface area contributed by atoms with Crippen molar-refractivity contribution in [2.75, 3.05) is 6.54 Å². The molecule has 1 atom stereocenters. The molecule has 0 radical (unpaired) electrons. The molecule has 1 unspecified atom stereocenters. The van der Waals surface area contributed by atoms with E-state index in [2.05, 4.69) is 12.2 Å². The third-order valence-corrected chi connectivity index (χ3v) is 4.17. The molecule has 1 fully saturated rings. The maximum atomic E-state index is 12.1. The van der Waals surface area contributed by atoms with E-state index in [0.29, 0.717) is 6.54 Å². The maximum Gasteiger partial charge on any atom is 0.223 e. The van der Waals surface area contributed by atoms with Gasteiger partial charge in [0, 0.05) is 12.0 Å². The van der Waals surface area contributed by atoms with Crippen LogP contribution in [-0.4, -0.2) is 18.5 Å². The quantitative estimate of drug-likeness (QED) is 0.734. The molecule has 0 bridgehead atoms. The zero-order chi connectivity index (χ0) is 13.4. The maximum absolute atomic E-state index is 12.1. The lowest BCUT2D eigenvalue weighted by atomic mass is 9.79. The molecule has 0 aromatic heterocycles. The van der Waals surface area contributed by atoms with E-state index in [1.165, 1.54) is 32.1 Å². The van der Waals surface area contributed by atoms with Crippen LogP contribution >= 0.6 is 0 Å². The Balaban J connectivity index is 2.23. The van der Waals surface area contributed by atoms with Gasteiger partial charge in [0.1, 0.15) is 0 Å². The summed E-state index contributed by atoms with van der Waals surface area (Å²) < 4.78 is 0. The highest BCUT2D eigenvalue weighted by atomic mass is 16.1. The summed E-state index contributed by atoms with van der Waals surface area (Å²) >= 11 is 0. The van der Waals surface area contributed by atoms with Crippen LogP contribution in [0.25, 0.3) is 0 Å². The van der Waals surface area contributed by atoms with E-state index >= 15 is 0 Å². The highest BCUT2D eigenvalue weighted by Crippen LogP contribution is 2.31. The number of nitrogens with two attached hydrogens (primary N) is 1. The molecule has 3 heteroatoms. The molecule has 1 aliphatic rings. The summed E-state index contributed by atoms with van der Waals surface area (Å²) in [5, 5.41) is 3.09. The molecule has 0 aromatic rings. The van der Waals surface area contributed by atoms with Crippen molar-refractivity contribution in [2.45, 2.75) is 71.3 Å². The molecule has 3 N–H and O–H groups in total. The third kappa shape index (κ3) is 5.38. The summed E-state index contributed by atoms with van der Waals surface area (Å²) in [5.41, 5.74) is 5.50. The number of rotatable bonds is 7. The van der Waals surface area contributed by atoms with Gasteiger partial charge in [0.05, 0.1) is 0 Å². The molecule has 1 amide bonds. The lowest BCUT2D eigenvalue weighted by Gasteiger charge is -2.28. The fourth-order valence-electron chi connectivity index (χ4n) is 2.89. The number of unbranched alkanes of at least 4 members (excludes halogenated alkanes) is 1. The van der Waals surface area contributed by atoms with Gasteiger partial charge in [-0.2, -0.15) is 0 Å². The first kappa shape index (κ1) is 15.5. The zero-order valence-electron chi connectivity index (χ0n) is 12.1. The van der Waals surface area contributed by atoms with Gasteiger partial charge >= 0.3 is 0 Å². The molecular weight excluding hydrogens is 224 g/mol. The number of nitrogens with one attached hydrogen (secondary N) is 1. The topological polar surface area (TPSA) is 55.1 Å². The number of hydrogen-bond acceptors (Lipinski definition) is 2. The Kier molecular flexibility index (Phi) is 7.33. The van der Waals surface area contributed by atoms with Crippen molar-refractivity contribution in [3.05, 3.63) is 0 Å². The number of amides is 1. The Hall–Kier alpha value is -0.570. The van der Waals surface area contributed by atoms with Gasteiger partial charge in [-0.3, -0.25) is 4.79 Å². The molecule has 1 aliphatic carbocycles. The van der Waals surface area contributed by atoms with Crippen molar-refractivity contribution in [3.63, 3.8) is 0 Å². The molecule has 0 aliphatic heterocycles. The molecule has 0 heterocycles. The Labute approximate surface area is 112 Å². The van der Waals surface area contributed by atoms with E-state index in [4.69, 9.17) is 5.73 Å². The Bertz CT molecular complexity index is 235. The predicted molar refractivity (Wildman–Crippen MR) is 76.2 cm³/mol. The van der Waals surface area contributed by atoms with Gasteiger partial charge in [-0.1, -0.05) is 26.2 Å². The monoisotopic (exact) mass is 254 g/mol. The van der Waals surface area contributed by atoms with E-state index in [9.17, 15) is 4.79 Å². The van der Waals surface area contributed by atoms with E-state index in [-0.39, 0.29) is 17.9 Å². The first-order valence-corrected chi connectivity index (χ1v) is 7.67. The number of hydrogen-bond donors (Lipinski definition) is 2. The normalized spacial score (nSPS) is 25.7. The molecule has 106 valence electrons. The van der Waals surface area contributed by atoms with Crippen LogP contribution in [0.4, 0.5) is 0 Å². The van der Waals surface area contributed by atoms with Crippen molar-refractivity contribution >= 4 is 5.91 Å². The summed E-state index contributed by atoms with van der Waals surface area (Å²) in [5.74, 6) is 1.38.